The van der Waals surface area contributed by atoms with Crippen molar-refractivity contribution in [1.29, 1.82) is 0 Å². The molecule has 1 atom stereocenters. The van der Waals surface area contributed by atoms with Gasteiger partial charge in [0.2, 0.25) is 0 Å². The van der Waals surface area contributed by atoms with Crippen molar-refractivity contribution in [3.05, 3.63) is 144 Å². The van der Waals surface area contributed by atoms with E-state index in [1.165, 1.54) is 19.3 Å². The van der Waals surface area contributed by atoms with E-state index >= 15 is 0 Å². The molecule has 0 saturated heterocycles. The maximum absolute atomic E-state index is 14.5. The smallest absolute Gasteiger partial charge is 0.342 e. The van der Waals surface area contributed by atoms with Crippen LogP contribution < -0.4 is 5.73 Å². The molecule has 1 aliphatic carbocycles. The fourth-order valence-electron chi connectivity index (χ4n) is 5.91. The molecule has 0 bridgehead atoms. The highest BCUT2D eigenvalue weighted by Gasteiger charge is 2.45. The molecule has 40 heavy (non-hydrogen) atoms. The van der Waals surface area contributed by atoms with E-state index in [4.69, 9.17) is 10.5 Å². The summed E-state index contributed by atoms with van der Waals surface area (Å²) >= 11 is 0. The monoisotopic (exact) mass is 532 g/mol. The maximum Gasteiger partial charge on any atom is 0.342 e. The minimum atomic E-state index is -1.30. The molecule has 4 aromatic carbocycles. The summed E-state index contributed by atoms with van der Waals surface area (Å²) in [5.74, 6) is 0.00916. The van der Waals surface area contributed by atoms with Gasteiger partial charge in [-0.25, -0.2) is 4.79 Å². The highest BCUT2D eigenvalue weighted by atomic mass is 16.5. The molecule has 4 nitrogen and oxygen atoms in total. The number of rotatable bonds is 11. The van der Waals surface area contributed by atoms with Crippen LogP contribution in [0.2, 0.25) is 0 Å². The minimum absolute atomic E-state index is 0.373. The van der Waals surface area contributed by atoms with Gasteiger partial charge in [0.1, 0.15) is 0 Å². The molecule has 1 fully saturated rings. The first-order valence-electron chi connectivity index (χ1n) is 14.5. The van der Waals surface area contributed by atoms with E-state index in [0.717, 1.165) is 35.1 Å². The average molecular weight is 533 g/mol. The zero-order valence-corrected chi connectivity index (χ0v) is 23.2. The van der Waals surface area contributed by atoms with Crippen LogP contribution in [0, 0.1) is 5.92 Å². The summed E-state index contributed by atoms with van der Waals surface area (Å²) in [6, 6.07) is 40.5. The Morgan fingerprint density at radius 2 is 1.12 bits per heavy atom. The third kappa shape index (κ3) is 7.07. The number of benzene rings is 4. The third-order valence-electron chi connectivity index (χ3n) is 8.10. The second-order valence-electron chi connectivity index (χ2n) is 11.1. The summed E-state index contributed by atoms with van der Waals surface area (Å²) in [5.41, 5.74) is 10.2. The highest BCUT2D eigenvalue weighted by Crippen LogP contribution is 2.35. The van der Waals surface area contributed by atoms with Gasteiger partial charge < -0.3 is 10.5 Å². The normalized spacial score (nSPS) is 15.6. The lowest BCUT2D eigenvalue weighted by Gasteiger charge is -2.42. The molecule has 4 heteroatoms. The van der Waals surface area contributed by atoms with Crippen LogP contribution in [0.15, 0.2) is 121 Å². The Kier molecular flexibility index (Phi) is 9.43. The third-order valence-corrected chi connectivity index (χ3v) is 8.10. The first kappa shape index (κ1) is 27.8. The number of esters is 1. The second kappa shape index (κ2) is 13.6. The summed E-state index contributed by atoms with van der Waals surface area (Å²) in [6.45, 7) is 1.10. The number of carbonyl (C=O) groups excluding carboxylic acids is 1. The predicted octanol–water partition coefficient (Wildman–Crippen LogP) is 7.65. The number of nitrogens with two attached hydrogens (primary N) is 1. The summed E-state index contributed by atoms with van der Waals surface area (Å²) in [4.78, 5) is 16.7. The molecule has 2 N–H and O–H groups in total. The van der Waals surface area contributed by atoms with Gasteiger partial charge in [0.15, 0.2) is 11.8 Å². The largest absolute Gasteiger partial charge is 0.450 e. The molecule has 206 valence electrons. The minimum Gasteiger partial charge on any atom is -0.450 e. The molecule has 5 rings (SSSR count). The van der Waals surface area contributed by atoms with Gasteiger partial charge in [-0.05, 0) is 34.6 Å². The molecule has 4 aromatic rings. The van der Waals surface area contributed by atoms with Crippen LogP contribution in [0.5, 0.6) is 0 Å². The van der Waals surface area contributed by atoms with Gasteiger partial charge in [0.25, 0.3) is 0 Å². The van der Waals surface area contributed by atoms with Crippen molar-refractivity contribution in [2.24, 2.45) is 11.7 Å². The lowest BCUT2D eigenvalue weighted by Crippen LogP contribution is -2.62. The van der Waals surface area contributed by atoms with Crippen LogP contribution in [0.3, 0.4) is 0 Å². The van der Waals surface area contributed by atoms with Crippen LogP contribution in [-0.2, 0) is 22.6 Å². The Morgan fingerprint density at radius 3 is 1.57 bits per heavy atom. The van der Waals surface area contributed by atoms with Crippen LogP contribution >= 0.6 is 0 Å². The van der Waals surface area contributed by atoms with Crippen molar-refractivity contribution in [1.82, 2.24) is 4.90 Å². The second-order valence-corrected chi connectivity index (χ2v) is 11.1. The molecule has 1 saturated carbocycles. The SMILES string of the molecule is NC(CC1CCCCC1)(C(=O)OC(c1ccccc1)c1ccccc1)N(Cc1ccccc1)Cc1ccccc1. The zero-order chi connectivity index (χ0) is 27.6. The Bertz CT molecular complexity index is 1230. The molecule has 0 radical (unpaired) electrons. The number of hydrogen-bond donors (Lipinski definition) is 1. The summed E-state index contributed by atoms with van der Waals surface area (Å²) in [7, 11) is 0. The number of carbonyl (C=O) groups is 1. The molecule has 0 aliphatic heterocycles. The van der Waals surface area contributed by atoms with E-state index in [2.05, 4.69) is 29.2 Å². The molecular weight excluding hydrogens is 492 g/mol. The predicted molar refractivity (Wildman–Crippen MR) is 161 cm³/mol. The summed E-state index contributed by atoms with van der Waals surface area (Å²) < 4.78 is 6.48. The molecule has 0 aromatic heterocycles. The van der Waals surface area contributed by atoms with E-state index in [-0.39, 0.29) is 5.97 Å². The first-order valence-corrected chi connectivity index (χ1v) is 14.5. The van der Waals surface area contributed by atoms with Gasteiger partial charge in [0, 0.05) is 13.1 Å². The van der Waals surface area contributed by atoms with Crippen molar-refractivity contribution >= 4 is 5.97 Å². The van der Waals surface area contributed by atoms with Gasteiger partial charge in [-0.1, -0.05) is 153 Å². The molecular formula is C36H40N2O2. The molecule has 0 heterocycles. The molecule has 1 unspecified atom stereocenters. The average Bonchev–Trinajstić information content (AvgIpc) is 3.02. The van der Waals surface area contributed by atoms with Gasteiger partial charge in [-0.3, -0.25) is 4.90 Å². The first-order chi connectivity index (χ1) is 19.6. The number of ether oxygens (including phenoxy) is 1. The van der Waals surface area contributed by atoms with E-state index in [9.17, 15) is 4.79 Å². The summed E-state index contributed by atoms with van der Waals surface area (Å²) in [6.07, 6.45) is 5.84. The van der Waals surface area contributed by atoms with Crippen LogP contribution in [-0.4, -0.2) is 16.5 Å². The molecule has 1 aliphatic rings. The van der Waals surface area contributed by atoms with Crippen molar-refractivity contribution < 1.29 is 9.53 Å². The van der Waals surface area contributed by atoms with Gasteiger partial charge in [-0.2, -0.15) is 0 Å². The van der Waals surface area contributed by atoms with Crippen molar-refractivity contribution in [2.45, 2.75) is 63.4 Å². The van der Waals surface area contributed by atoms with Crippen molar-refractivity contribution in [3.8, 4) is 0 Å². The summed E-state index contributed by atoms with van der Waals surface area (Å²) in [5, 5.41) is 0. The van der Waals surface area contributed by atoms with Crippen LogP contribution in [0.1, 0.15) is 66.9 Å². The van der Waals surface area contributed by atoms with Crippen molar-refractivity contribution in [2.75, 3.05) is 0 Å². The Balaban J connectivity index is 1.52. The van der Waals surface area contributed by atoms with Gasteiger partial charge in [-0.15, -0.1) is 0 Å². The molecule has 0 amide bonds. The standard InChI is InChI=1S/C36H40N2O2/c37-36(26-29-16-6-1-7-17-29,38(27-30-18-8-2-9-19-30)28-31-20-10-3-11-21-31)35(39)40-34(32-22-12-4-13-23-32)33-24-14-5-15-25-33/h2-5,8-15,18-25,29,34H,1,6-7,16-17,26-28,37H2. The fraction of sp³-hybridized carbons (Fsp3) is 0.306. The number of hydrogen-bond acceptors (Lipinski definition) is 4. The highest BCUT2D eigenvalue weighted by molar-refractivity contribution is 5.80. The Labute approximate surface area is 238 Å². The fourth-order valence-corrected chi connectivity index (χ4v) is 5.91. The van der Waals surface area contributed by atoms with Crippen LogP contribution in [0.25, 0.3) is 0 Å². The topological polar surface area (TPSA) is 55.6 Å². The zero-order valence-electron chi connectivity index (χ0n) is 23.2. The van der Waals surface area contributed by atoms with E-state index in [1.807, 2.05) is 97.1 Å². The van der Waals surface area contributed by atoms with E-state index < -0.39 is 11.8 Å². The molecule has 0 spiro atoms. The van der Waals surface area contributed by atoms with Crippen LogP contribution in [0.4, 0.5) is 0 Å². The lowest BCUT2D eigenvalue weighted by molar-refractivity contribution is -0.165. The quantitative estimate of drug-likeness (QED) is 0.159. The van der Waals surface area contributed by atoms with Gasteiger partial charge in [0.05, 0.1) is 0 Å². The maximum atomic E-state index is 14.5. The van der Waals surface area contributed by atoms with Gasteiger partial charge >= 0.3 is 5.97 Å². The van der Waals surface area contributed by atoms with Crippen molar-refractivity contribution in [3.63, 3.8) is 0 Å². The van der Waals surface area contributed by atoms with E-state index in [1.54, 1.807) is 0 Å². The Hall–Kier alpha value is -3.73. The number of nitrogens with zero attached hydrogens (tertiary/aromatic N) is 1. The Morgan fingerprint density at radius 1 is 0.700 bits per heavy atom. The van der Waals surface area contributed by atoms with E-state index in [0.29, 0.717) is 25.4 Å². The lowest BCUT2D eigenvalue weighted by atomic mass is 9.82.